The molecule has 0 bridgehead atoms. The Bertz CT molecular complexity index is 449. The van der Waals surface area contributed by atoms with E-state index in [1.165, 1.54) is 0 Å². The van der Waals surface area contributed by atoms with Crippen molar-refractivity contribution in [1.82, 2.24) is 4.90 Å². The van der Waals surface area contributed by atoms with Crippen molar-refractivity contribution in [3.05, 3.63) is 35.4 Å². The molecule has 1 amide bonds. The summed E-state index contributed by atoms with van der Waals surface area (Å²) in [5.41, 5.74) is 7.96. The summed E-state index contributed by atoms with van der Waals surface area (Å²) in [6.07, 6.45) is 0. The van der Waals surface area contributed by atoms with Crippen molar-refractivity contribution in [2.75, 3.05) is 24.6 Å². The topological polar surface area (TPSA) is 63.4 Å². The van der Waals surface area contributed by atoms with Crippen LogP contribution in [0.25, 0.3) is 0 Å². The van der Waals surface area contributed by atoms with Gasteiger partial charge in [-0.2, -0.15) is 0 Å². The Morgan fingerprint density at radius 1 is 1.28 bits per heavy atom. The zero-order valence-electron chi connectivity index (χ0n) is 10.5. The Morgan fingerprint density at radius 3 is 2.39 bits per heavy atom. The molecule has 0 aliphatic carbocycles. The van der Waals surface area contributed by atoms with Gasteiger partial charge in [0, 0.05) is 35.4 Å². The van der Waals surface area contributed by atoms with Gasteiger partial charge >= 0.3 is 0 Å². The van der Waals surface area contributed by atoms with Crippen LogP contribution >= 0.6 is 0 Å². The van der Waals surface area contributed by atoms with Gasteiger partial charge in [0.25, 0.3) is 0 Å². The van der Waals surface area contributed by atoms with Crippen molar-refractivity contribution in [3.8, 4) is 0 Å². The van der Waals surface area contributed by atoms with Crippen molar-refractivity contribution in [3.63, 3.8) is 0 Å². The van der Waals surface area contributed by atoms with E-state index < -0.39 is 16.8 Å². The second-order valence-corrected chi connectivity index (χ2v) is 6.26. The van der Waals surface area contributed by atoms with Crippen LogP contribution in [0.5, 0.6) is 0 Å². The Labute approximate surface area is 110 Å². The molecule has 5 heteroatoms. The summed E-state index contributed by atoms with van der Waals surface area (Å²) in [4.78, 5) is 13.9. The summed E-state index contributed by atoms with van der Waals surface area (Å²) in [5, 5.41) is 0. The maximum Gasteiger partial charge on any atom is 0.244 e. The van der Waals surface area contributed by atoms with E-state index in [1.807, 2.05) is 31.2 Å². The maximum atomic E-state index is 12.2. The van der Waals surface area contributed by atoms with Gasteiger partial charge in [0.1, 0.15) is 6.04 Å². The SMILES string of the molecule is Cc1ccc(C(N)C(=O)N2CCS(=O)CC2)cc1. The fourth-order valence-corrected chi connectivity index (χ4v) is 3.02. The van der Waals surface area contributed by atoms with Gasteiger partial charge in [-0.05, 0) is 12.5 Å². The number of benzene rings is 1. The number of amides is 1. The van der Waals surface area contributed by atoms with Crippen molar-refractivity contribution < 1.29 is 9.00 Å². The van der Waals surface area contributed by atoms with Gasteiger partial charge in [-0.1, -0.05) is 29.8 Å². The molecule has 0 radical (unpaired) electrons. The number of carbonyl (C=O) groups is 1. The first-order valence-corrected chi connectivity index (χ1v) is 7.52. The molecule has 1 aliphatic rings. The van der Waals surface area contributed by atoms with Gasteiger partial charge in [0.15, 0.2) is 0 Å². The molecule has 2 N–H and O–H groups in total. The van der Waals surface area contributed by atoms with Crippen LogP contribution in [0.2, 0.25) is 0 Å². The molecule has 98 valence electrons. The van der Waals surface area contributed by atoms with Crippen LogP contribution in [-0.4, -0.2) is 39.6 Å². The predicted octanol–water partition coefficient (Wildman–Crippen LogP) is 0.586. The normalized spacial score (nSPS) is 18.7. The van der Waals surface area contributed by atoms with Gasteiger partial charge in [0.05, 0.1) is 0 Å². The maximum absolute atomic E-state index is 12.2. The van der Waals surface area contributed by atoms with Crippen LogP contribution in [-0.2, 0) is 15.6 Å². The van der Waals surface area contributed by atoms with Gasteiger partial charge in [-0.3, -0.25) is 9.00 Å². The van der Waals surface area contributed by atoms with Crippen molar-refractivity contribution in [2.24, 2.45) is 5.73 Å². The molecule has 1 unspecified atom stereocenters. The summed E-state index contributed by atoms with van der Waals surface area (Å²) in [6, 6.07) is 7.07. The first-order chi connectivity index (χ1) is 8.58. The molecule has 1 saturated heterocycles. The molecule has 0 spiro atoms. The monoisotopic (exact) mass is 266 g/mol. The number of hydrogen-bond donors (Lipinski definition) is 1. The fourth-order valence-electron chi connectivity index (χ4n) is 1.97. The lowest BCUT2D eigenvalue weighted by Crippen LogP contribution is -2.45. The molecule has 18 heavy (non-hydrogen) atoms. The first kappa shape index (κ1) is 13.2. The minimum absolute atomic E-state index is 0.0736. The van der Waals surface area contributed by atoms with Crippen molar-refractivity contribution in [2.45, 2.75) is 13.0 Å². The zero-order chi connectivity index (χ0) is 13.1. The minimum atomic E-state index is -0.773. The number of hydrogen-bond acceptors (Lipinski definition) is 3. The summed E-state index contributed by atoms with van der Waals surface area (Å²) < 4.78 is 11.3. The van der Waals surface area contributed by atoms with Crippen LogP contribution in [0, 0.1) is 6.92 Å². The second kappa shape index (κ2) is 5.63. The van der Waals surface area contributed by atoms with Crippen molar-refractivity contribution >= 4 is 16.7 Å². The van der Waals surface area contributed by atoms with Gasteiger partial charge < -0.3 is 10.6 Å². The summed E-state index contributed by atoms with van der Waals surface area (Å²) in [7, 11) is -0.773. The molecule has 1 aromatic carbocycles. The van der Waals surface area contributed by atoms with E-state index in [4.69, 9.17) is 5.73 Å². The lowest BCUT2D eigenvalue weighted by Gasteiger charge is -2.28. The Balaban J connectivity index is 2.04. The molecule has 4 nitrogen and oxygen atoms in total. The number of nitrogens with two attached hydrogens (primary N) is 1. The average molecular weight is 266 g/mol. The highest BCUT2D eigenvalue weighted by Gasteiger charge is 2.25. The molecule has 1 fully saturated rings. The highest BCUT2D eigenvalue weighted by Crippen LogP contribution is 2.15. The third kappa shape index (κ3) is 2.97. The van der Waals surface area contributed by atoms with E-state index in [-0.39, 0.29) is 5.91 Å². The van der Waals surface area contributed by atoms with E-state index in [2.05, 4.69) is 0 Å². The van der Waals surface area contributed by atoms with Gasteiger partial charge in [-0.25, -0.2) is 0 Å². The lowest BCUT2D eigenvalue weighted by atomic mass is 10.0. The second-order valence-electron chi connectivity index (χ2n) is 4.56. The number of carbonyl (C=O) groups excluding carboxylic acids is 1. The van der Waals surface area contributed by atoms with E-state index in [1.54, 1.807) is 4.90 Å². The van der Waals surface area contributed by atoms with E-state index >= 15 is 0 Å². The summed E-state index contributed by atoms with van der Waals surface area (Å²) in [5.74, 6) is 1.05. The number of rotatable bonds is 2. The third-order valence-electron chi connectivity index (χ3n) is 3.19. The van der Waals surface area contributed by atoms with Crippen LogP contribution in [0.3, 0.4) is 0 Å². The van der Waals surface area contributed by atoms with E-state index in [0.717, 1.165) is 11.1 Å². The van der Waals surface area contributed by atoms with Crippen LogP contribution in [0.15, 0.2) is 24.3 Å². The average Bonchev–Trinajstić information content (AvgIpc) is 2.39. The smallest absolute Gasteiger partial charge is 0.244 e. The Morgan fingerprint density at radius 2 is 1.83 bits per heavy atom. The highest BCUT2D eigenvalue weighted by atomic mass is 32.2. The lowest BCUT2D eigenvalue weighted by molar-refractivity contribution is -0.132. The van der Waals surface area contributed by atoms with Gasteiger partial charge in [-0.15, -0.1) is 0 Å². The fraction of sp³-hybridized carbons (Fsp3) is 0.462. The highest BCUT2D eigenvalue weighted by molar-refractivity contribution is 7.85. The largest absolute Gasteiger partial charge is 0.339 e. The molecule has 1 aromatic rings. The summed E-state index contributed by atoms with van der Waals surface area (Å²) >= 11 is 0. The van der Waals surface area contributed by atoms with E-state index in [9.17, 15) is 9.00 Å². The zero-order valence-corrected chi connectivity index (χ0v) is 11.3. The molecule has 1 aliphatic heterocycles. The molecule has 1 atom stereocenters. The van der Waals surface area contributed by atoms with Gasteiger partial charge in [0.2, 0.25) is 5.91 Å². The Kier molecular flexibility index (Phi) is 4.14. The first-order valence-electron chi connectivity index (χ1n) is 6.04. The van der Waals surface area contributed by atoms with Crippen molar-refractivity contribution in [1.29, 1.82) is 0 Å². The number of aryl methyl sites for hydroxylation is 1. The van der Waals surface area contributed by atoms with Crippen LogP contribution in [0.4, 0.5) is 0 Å². The minimum Gasteiger partial charge on any atom is -0.339 e. The predicted molar refractivity (Wildman–Crippen MR) is 72.6 cm³/mol. The standard InChI is InChI=1S/C13H18N2O2S/c1-10-2-4-11(5-3-10)12(14)13(16)15-6-8-18(17)9-7-15/h2-5,12H,6-9,14H2,1H3. The number of nitrogens with zero attached hydrogens (tertiary/aromatic N) is 1. The molecule has 2 rings (SSSR count). The molecule has 1 heterocycles. The van der Waals surface area contributed by atoms with Crippen LogP contribution in [0.1, 0.15) is 17.2 Å². The molecular weight excluding hydrogens is 248 g/mol. The third-order valence-corrected chi connectivity index (χ3v) is 4.47. The summed E-state index contributed by atoms with van der Waals surface area (Å²) in [6.45, 7) is 3.09. The molecular formula is C13H18N2O2S. The quantitative estimate of drug-likeness (QED) is 0.852. The van der Waals surface area contributed by atoms with E-state index in [0.29, 0.717) is 24.6 Å². The Hall–Kier alpha value is -1.20. The molecule has 0 aromatic heterocycles. The molecule has 0 saturated carbocycles. The van der Waals surface area contributed by atoms with Crippen LogP contribution < -0.4 is 5.73 Å².